The highest BCUT2D eigenvalue weighted by molar-refractivity contribution is 9.10. The van der Waals surface area contributed by atoms with Gasteiger partial charge in [0.25, 0.3) is 5.91 Å². The third-order valence-electron chi connectivity index (χ3n) is 3.33. The van der Waals surface area contributed by atoms with Crippen LogP contribution in [0.4, 0.5) is 0 Å². The quantitative estimate of drug-likeness (QED) is 0.858. The minimum Gasteiger partial charge on any atom is -0.351 e. The van der Waals surface area contributed by atoms with Gasteiger partial charge in [0.15, 0.2) is 0 Å². The van der Waals surface area contributed by atoms with E-state index in [0.29, 0.717) is 25.1 Å². The third-order valence-corrected chi connectivity index (χ3v) is 3.86. The van der Waals surface area contributed by atoms with Crippen molar-refractivity contribution in [3.05, 3.63) is 47.0 Å². The molecule has 1 aliphatic rings. The lowest BCUT2D eigenvalue weighted by molar-refractivity contribution is -0.124. The molecule has 0 bridgehead atoms. The second-order valence-electron chi connectivity index (χ2n) is 4.70. The van der Waals surface area contributed by atoms with Crippen LogP contribution in [0.15, 0.2) is 41.4 Å². The third kappa shape index (κ3) is 3.28. The van der Waals surface area contributed by atoms with Gasteiger partial charge in [0.1, 0.15) is 6.04 Å². The molecule has 1 aliphatic heterocycles. The molecule has 2 amide bonds. The van der Waals surface area contributed by atoms with Gasteiger partial charge in [-0.25, -0.2) is 0 Å². The molecule has 1 heterocycles. The highest BCUT2D eigenvalue weighted by Gasteiger charge is 2.34. The van der Waals surface area contributed by atoms with Crippen LogP contribution in [0.2, 0.25) is 0 Å². The topological polar surface area (TPSA) is 49.4 Å². The van der Waals surface area contributed by atoms with Crippen molar-refractivity contribution in [2.24, 2.45) is 0 Å². The molecule has 1 N–H and O–H groups in total. The van der Waals surface area contributed by atoms with Gasteiger partial charge >= 0.3 is 0 Å². The lowest BCUT2D eigenvalue weighted by Crippen LogP contribution is -2.46. The summed E-state index contributed by atoms with van der Waals surface area (Å²) < 4.78 is 0.927. The minimum atomic E-state index is -0.369. The van der Waals surface area contributed by atoms with Crippen LogP contribution < -0.4 is 5.32 Å². The first-order valence-electron chi connectivity index (χ1n) is 6.58. The molecule has 0 saturated carbocycles. The Hall–Kier alpha value is -1.62. The highest BCUT2D eigenvalue weighted by atomic mass is 79.9. The number of hydrogen-bond donors (Lipinski definition) is 1. The van der Waals surface area contributed by atoms with Crippen molar-refractivity contribution in [3.8, 4) is 0 Å². The highest BCUT2D eigenvalue weighted by Crippen LogP contribution is 2.21. The van der Waals surface area contributed by atoms with E-state index in [2.05, 4.69) is 27.8 Å². The van der Waals surface area contributed by atoms with E-state index in [0.717, 1.165) is 10.9 Å². The number of amides is 2. The lowest BCUT2D eigenvalue weighted by atomic mass is 10.1. The zero-order valence-corrected chi connectivity index (χ0v) is 12.7. The first-order valence-corrected chi connectivity index (χ1v) is 7.38. The zero-order valence-electron chi connectivity index (χ0n) is 11.1. The number of halogens is 1. The van der Waals surface area contributed by atoms with E-state index in [1.54, 1.807) is 23.1 Å². The normalized spacial score (nSPS) is 17.9. The smallest absolute Gasteiger partial charge is 0.254 e. The number of nitrogens with zero attached hydrogens (tertiary/aromatic N) is 1. The Morgan fingerprint density at radius 1 is 1.40 bits per heavy atom. The van der Waals surface area contributed by atoms with Gasteiger partial charge in [0.05, 0.1) is 0 Å². The number of hydrogen-bond acceptors (Lipinski definition) is 2. The fourth-order valence-electron chi connectivity index (χ4n) is 2.33. The number of carbonyl (C=O) groups is 2. The molecular weight excluding hydrogens is 320 g/mol. The van der Waals surface area contributed by atoms with E-state index in [-0.39, 0.29) is 17.9 Å². The van der Waals surface area contributed by atoms with Gasteiger partial charge in [-0.1, -0.05) is 22.0 Å². The molecule has 1 aromatic carbocycles. The molecule has 4 nitrogen and oxygen atoms in total. The summed E-state index contributed by atoms with van der Waals surface area (Å²) in [4.78, 5) is 26.2. The first-order chi connectivity index (χ1) is 9.63. The van der Waals surface area contributed by atoms with E-state index >= 15 is 0 Å². The lowest BCUT2D eigenvalue weighted by Gasteiger charge is -2.23. The Labute approximate surface area is 127 Å². The summed E-state index contributed by atoms with van der Waals surface area (Å²) in [5.74, 6) is -0.193. The molecule has 2 rings (SSSR count). The largest absolute Gasteiger partial charge is 0.351 e. The summed E-state index contributed by atoms with van der Waals surface area (Å²) in [6, 6.07) is 6.82. The number of carbonyl (C=O) groups excluding carboxylic acids is 2. The molecule has 1 aromatic rings. The van der Waals surface area contributed by atoms with Gasteiger partial charge in [0, 0.05) is 23.1 Å². The maximum atomic E-state index is 12.5. The Morgan fingerprint density at radius 3 is 2.75 bits per heavy atom. The van der Waals surface area contributed by atoms with E-state index in [1.165, 1.54) is 0 Å². The van der Waals surface area contributed by atoms with Crippen LogP contribution in [0.5, 0.6) is 0 Å². The van der Waals surface area contributed by atoms with Gasteiger partial charge in [0.2, 0.25) is 5.91 Å². The van der Waals surface area contributed by atoms with Crippen molar-refractivity contribution < 1.29 is 9.59 Å². The molecule has 0 spiro atoms. The summed E-state index contributed by atoms with van der Waals surface area (Å²) >= 11 is 3.34. The van der Waals surface area contributed by atoms with Crippen LogP contribution in [0, 0.1) is 0 Å². The van der Waals surface area contributed by atoms with Crippen molar-refractivity contribution in [2.45, 2.75) is 18.9 Å². The predicted molar refractivity (Wildman–Crippen MR) is 81.4 cm³/mol. The molecule has 0 aliphatic carbocycles. The zero-order chi connectivity index (χ0) is 14.5. The van der Waals surface area contributed by atoms with E-state index in [4.69, 9.17) is 0 Å². The molecule has 1 atom stereocenters. The summed E-state index contributed by atoms with van der Waals surface area (Å²) in [5.41, 5.74) is 0.608. The van der Waals surface area contributed by atoms with Crippen molar-refractivity contribution in [1.29, 1.82) is 0 Å². The monoisotopic (exact) mass is 336 g/mol. The van der Waals surface area contributed by atoms with Gasteiger partial charge in [-0.2, -0.15) is 0 Å². The molecule has 0 unspecified atom stereocenters. The van der Waals surface area contributed by atoms with Gasteiger partial charge in [-0.3, -0.25) is 9.59 Å². The molecule has 1 fully saturated rings. The number of benzene rings is 1. The van der Waals surface area contributed by atoms with E-state index in [9.17, 15) is 9.59 Å². The number of rotatable bonds is 4. The molecule has 5 heteroatoms. The van der Waals surface area contributed by atoms with Gasteiger partial charge in [-0.15, -0.1) is 6.58 Å². The number of likely N-dealkylation sites (tertiary alicyclic amines) is 1. The summed E-state index contributed by atoms with van der Waals surface area (Å²) in [6.07, 6.45) is 3.20. The molecular formula is C15H17BrN2O2. The summed E-state index contributed by atoms with van der Waals surface area (Å²) in [6.45, 7) is 4.62. The Bertz CT molecular complexity index is 513. The van der Waals surface area contributed by atoms with Crippen LogP contribution in [0.3, 0.4) is 0 Å². The van der Waals surface area contributed by atoms with Crippen molar-refractivity contribution in [1.82, 2.24) is 10.2 Å². The standard InChI is InChI=1S/C15H17BrN2O2/c1-2-9-17-14(19)13-4-3-10-18(13)15(20)11-5-7-12(16)8-6-11/h2,5-8,13H,1,3-4,9-10H2,(H,17,19)/t13-/m0/s1. The van der Waals surface area contributed by atoms with Crippen LogP contribution in [0.1, 0.15) is 23.2 Å². The maximum absolute atomic E-state index is 12.5. The Balaban J connectivity index is 2.10. The van der Waals surface area contributed by atoms with Crippen LogP contribution >= 0.6 is 15.9 Å². The minimum absolute atomic E-state index is 0.0891. The van der Waals surface area contributed by atoms with Gasteiger partial charge in [-0.05, 0) is 37.1 Å². The second-order valence-corrected chi connectivity index (χ2v) is 5.61. The molecule has 1 saturated heterocycles. The molecule has 0 radical (unpaired) electrons. The van der Waals surface area contributed by atoms with Crippen molar-refractivity contribution in [3.63, 3.8) is 0 Å². The Morgan fingerprint density at radius 2 is 2.10 bits per heavy atom. The molecule has 106 valence electrons. The van der Waals surface area contributed by atoms with Gasteiger partial charge < -0.3 is 10.2 Å². The summed E-state index contributed by atoms with van der Waals surface area (Å²) in [7, 11) is 0. The number of nitrogens with one attached hydrogen (secondary N) is 1. The predicted octanol–water partition coefficient (Wildman–Crippen LogP) is 2.36. The van der Waals surface area contributed by atoms with Crippen LogP contribution in [-0.4, -0.2) is 35.8 Å². The van der Waals surface area contributed by atoms with Crippen molar-refractivity contribution in [2.75, 3.05) is 13.1 Å². The fourth-order valence-corrected chi connectivity index (χ4v) is 2.60. The molecule has 0 aromatic heterocycles. The fraction of sp³-hybridized carbons (Fsp3) is 0.333. The van der Waals surface area contributed by atoms with Crippen molar-refractivity contribution >= 4 is 27.7 Å². The van der Waals surface area contributed by atoms with Crippen LogP contribution in [-0.2, 0) is 4.79 Å². The SMILES string of the molecule is C=CCNC(=O)[C@@H]1CCCN1C(=O)c1ccc(Br)cc1. The first kappa shape index (κ1) is 14.8. The average Bonchev–Trinajstić information content (AvgIpc) is 2.94. The maximum Gasteiger partial charge on any atom is 0.254 e. The second kappa shape index (κ2) is 6.70. The summed E-state index contributed by atoms with van der Waals surface area (Å²) in [5, 5.41) is 2.76. The molecule has 20 heavy (non-hydrogen) atoms. The Kier molecular flexibility index (Phi) is 4.95. The van der Waals surface area contributed by atoms with E-state index in [1.807, 2.05) is 12.1 Å². The van der Waals surface area contributed by atoms with Crippen LogP contribution in [0.25, 0.3) is 0 Å². The average molecular weight is 337 g/mol. The van der Waals surface area contributed by atoms with E-state index < -0.39 is 0 Å².